The van der Waals surface area contributed by atoms with Gasteiger partial charge < -0.3 is 20.6 Å². The number of amides is 1. The van der Waals surface area contributed by atoms with Gasteiger partial charge in [0, 0.05) is 43.8 Å². The lowest BCUT2D eigenvalue weighted by molar-refractivity contribution is -0.133. The topological polar surface area (TPSA) is 121 Å². The summed E-state index contributed by atoms with van der Waals surface area (Å²) in [6.07, 6.45) is 4.50. The maximum Gasteiger partial charge on any atom is 0.251 e. The number of anilines is 3. The molecule has 1 unspecified atom stereocenters. The zero-order valence-corrected chi connectivity index (χ0v) is 20.1. The van der Waals surface area contributed by atoms with E-state index in [9.17, 15) is 4.79 Å². The Balaban J connectivity index is 0.000000271. The summed E-state index contributed by atoms with van der Waals surface area (Å²) in [5.74, 6) is 1.37. The van der Waals surface area contributed by atoms with E-state index in [1.54, 1.807) is 30.8 Å². The summed E-state index contributed by atoms with van der Waals surface area (Å²) in [6, 6.07) is 12.0. The van der Waals surface area contributed by atoms with Crippen molar-refractivity contribution in [2.24, 2.45) is 0 Å². The zero-order chi connectivity index (χ0) is 24.2. The van der Waals surface area contributed by atoms with Crippen LogP contribution in [0.2, 0.25) is 0 Å². The highest BCUT2D eigenvalue weighted by Gasteiger charge is 2.26. The molecular weight excluding hydrogens is 464 g/mol. The van der Waals surface area contributed by atoms with Crippen LogP contribution in [-0.4, -0.2) is 66.9 Å². The van der Waals surface area contributed by atoms with Gasteiger partial charge in [-0.25, -0.2) is 19.6 Å². The number of likely N-dealkylation sites (tertiary alicyclic amines) is 1. The van der Waals surface area contributed by atoms with Crippen molar-refractivity contribution >= 4 is 34.7 Å². The molecule has 0 radical (unpaired) electrons. The molecule has 3 N–H and O–H groups in total. The number of carbonyl (C=O) groups is 1. The average Bonchev–Trinajstić information content (AvgIpc) is 3.62. The van der Waals surface area contributed by atoms with Crippen LogP contribution >= 0.6 is 11.3 Å². The van der Waals surface area contributed by atoms with Gasteiger partial charge in [0.15, 0.2) is 0 Å². The number of hydrogen-bond donors (Lipinski definition) is 3. The molecule has 2 aliphatic rings. The minimum absolute atomic E-state index is 0.148. The summed E-state index contributed by atoms with van der Waals surface area (Å²) in [6.45, 7) is 2.56. The number of fused-ring (bicyclic) bond motifs is 1. The summed E-state index contributed by atoms with van der Waals surface area (Å²) in [4.78, 5) is 25.8. The number of nitrogens with one attached hydrogen (secondary N) is 2. The number of aliphatic hydroxyl groups is 1. The fourth-order valence-electron chi connectivity index (χ4n) is 3.86. The molecule has 1 fully saturated rings. The Hall–Kier alpha value is -3.83. The Morgan fingerprint density at radius 2 is 2.00 bits per heavy atom. The van der Waals surface area contributed by atoms with E-state index in [2.05, 4.69) is 37.8 Å². The molecule has 1 aromatic carbocycles. The van der Waals surface area contributed by atoms with Gasteiger partial charge in [-0.2, -0.15) is 5.10 Å². The fourth-order valence-corrected chi connectivity index (χ4v) is 4.68. The highest BCUT2D eigenvalue weighted by atomic mass is 32.1. The second kappa shape index (κ2) is 10.2. The van der Waals surface area contributed by atoms with E-state index in [0.29, 0.717) is 18.9 Å². The Kier molecular flexibility index (Phi) is 6.68. The highest BCUT2D eigenvalue weighted by molar-refractivity contribution is 7.13. The van der Waals surface area contributed by atoms with Gasteiger partial charge in [-0.3, -0.25) is 4.79 Å². The van der Waals surface area contributed by atoms with Crippen molar-refractivity contribution in [1.82, 2.24) is 29.6 Å². The van der Waals surface area contributed by atoms with Crippen molar-refractivity contribution in [3.63, 3.8) is 0 Å². The molecule has 4 aromatic rings. The molecule has 0 aliphatic carbocycles. The highest BCUT2D eigenvalue weighted by Crippen LogP contribution is 2.29. The monoisotopic (exact) mass is 490 g/mol. The normalized spacial score (nSPS) is 16.8. The number of rotatable bonds is 4. The Labute approximate surface area is 206 Å². The number of aryl methyl sites for hydroxylation is 1. The van der Waals surface area contributed by atoms with E-state index in [4.69, 9.17) is 10.1 Å². The first-order chi connectivity index (χ1) is 17.1. The predicted octanol–water partition coefficient (Wildman–Crippen LogP) is 3.23. The van der Waals surface area contributed by atoms with Gasteiger partial charge in [0.1, 0.15) is 28.3 Å². The maximum atomic E-state index is 10.6. The van der Waals surface area contributed by atoms with Crippen LogP contribution in [-0.2, 0) is 11.3 Å². The first kappa shape index (κ1) is 22.9. The number of thiazole rings is 1. The van der Waals surface area contributed by atoms with Crippen LogP contribution in [0.4, 0.5) is 17.5 Å². The predicted molar refractivity (Wildman–Crippen MR) is 135 cm³/mol. The van der Waals surface area contributed by atoms with Gasteiger partial charge in [-0.15, -0.1) is 11.3 Å². The lowest BCUT2D eigenvalue weighted by Crippen LogP contribution is -2.24. The van der Waals surface area contributed by atoms with Crippen LogP contribution in [0.5, 0.6) is 0 Å². The number of carbonyl (C=O) groups excluding carboxylic acids is 1. The molecular formula is C24H26N8O2S. The zero-order valence-electron chi connectivity index (χ0n) is 19.3. The third kappa shape index (κ3) is 5.15. The second-order valence-electron chi connectivity index (χ2n) is 8.27. The summed E-state index contributed by atoms with van der Waals surface area (Å²) in [5, 5.41) is 22.8. The molecule has 6 rings (SSSR count). The van der Waals surface area contributed by atoms with E-state index in [0.717, 1.165) is 53.0 Å². The minimum Gasteiger partial charge on any atom is -0.383 e. The van der Waals surface area contributed by atoms with Gasteiger partial charge in [0.05, 0.1) is 11.9 Å². The number of aliphatic hydroxyl groups excluding tert-OH is 1. The molecule has 0 spiro atoms. The SMILES string of the molecule is CN1CCC(O)C1=O.c1ccc(-c2nc(-c3ccnc(Nc4cnn5c4NCCC5)n3)cs2)cc1. The van der Waals surface area contributed by atoms with E-state index < -0.39 is 6.10 Å². The van der Waals surface area contributed by atoms with Crippen molar-refractivity contribution in [1.29, 1.82) is 0 Å². The second-order valence-corrected chi connectivity index (χ2v) is 9.13. The van der Waals surface area contributed by atoms with E-state index in [1.165, 1.54) is 4.90 Å². The summed E-state index contributed by atoms with van der Waals surface area (Å²) in [7, 11) is 1.69. The molecule has 10 nitrogen and oxygen atoms in total. The van der Waals surface area contributed by atoms with Crippen molar-refractivity contribution in [2.45, 2.75) is 25.5 Å². The molecule has 5 heterocycles. The summed E-state index contributed by atoms with van der Waals surface area (Å²) in [5.41, 5.74) is 3.63. The van der Waals surface area contributed by atoms with Gasteiger partial charge in [0.2, 0.25) is 5.95 Å². The first-order valence-electron chi connectivity index (χ1n) is 11.4. The standard InChI is InChI=1S/C19H17N7S.C5H9NO2/c1-2-5-13(6-3-1)18-23-16(12-27-18)14-7-9-21-19(24-14)25-15-11-22-26-10-4-8-20-17(15)26;1-6-3-2-4(7)5(6)8/h1-3,5-7,9,11-12,20H,4,8,10H2,(H,21,24,25);4,7H,2-3H2,1H3. The van der Waals surface area contributed by atoms with E-state index in [-0.39, 0.29) is 5.91 Å². The van der Waals surface area contributed by atoms with Crippen LogP contribution in [0.15, 0.2) is 54.2 Å². The fraction of sp³-hybridized carbons (Fsp3) is 0.292. The number of hydrogen-bond acceptors (Lipinski definition) is 9. The van der Waals surface area contributed by atoms with Gasteiger partial charge in [0.25, 0.3) is 5.91 Å². The Morgan fingerprint density at radius 3 is 2.74 bits per heavy atom. The minimum atomic E-state index is -0.722. The number of likely N-dealkylation sites (N-methyl/N-ethyl adjacent to an activating group) is 1. The molecule has 0 bridgehead atoms. The molecule has 1 saturated heterocycles. The lowest BCUT2D eigenvalue weighted by atomic mass is 10.2. The van der Waals surface area contributed by atoms with Crippen LogP contribution in [0.25, 0.3) is 22.0 Å². The molecule has 1 amide bonds. The van der Waals surface area contributed by atoms with Crippen molar-refractivity contribution in [3.05, 3.63) is 54.2 Å². The molecule has 1 atom stereocenters. The largest absolute Gasteiger partial charge is 0.383 e. The van der Waals surface area contributed by atoms with Crippen molar-refractivity contribution in [3.8, 4) is 22.0 Å². The number of nitrogens with zero attached hydrogens (tertiary/aromatic N) is 6. The van der Waals surface area contributed by atoms with Gasteiger partial charge >= 0.3 is 0 Å². The Morgan fingerprint density at radius 1 is 1.14 bits per heavy atom. The maximum absolute atomic E-state index is 10.6. The van der Waals surface area contributed by atoms with Crippen LogP contribution < -0.4 is 10.6 Å². The molecule has 11 heteroatoms. The molecule has 2 aliphatic heterocycles. The van der Waals surface area contributed by atoms with Crippen LogP contribution in [0, 0.1) is 0 Å². The van der Waals surface area contributed by atoms with Crippen LogP contribution in [0.1, 0.15) is 12.8 Å². The average molecular weight is 491 g/mol. The van der Waals surface area contributed by atoms with Crippen molar-refractivity contribution < 1.29 is 9.90 Å². The van der Waals surface area contributed by atoms with Gasteiger partial charge in [-0.05, 0) is 18.9 Å². The molecule has 35 heavy (non-hydrogen) atoms. The number of aromatic nitrogens is 5. The lowest BCUT2D eigenvalue weighted by Gasteiger charge is -2.17. The van der Waals surface area contributed by atoms with Crippen LogP contribution in [0.3, 0.4) is 0 Å². The molecule has 0 saturated carbocycles. The van der Waals surface area contributed by atoms with E-state index in [1.807, 2.05) is 34.3 Å². The van der Waals surface area contributed by atoms with Crippen molar-refractivity contribution in [2.75, 3.05) is 30.8 Å². The third-order valence-electron chi connectivity index (χ3n) is 5.77. The summed E-state index contributed by atoms with van der Waals surface area (Å²) < 4.78 is 1.96. The van der Waals surface area contributed by atoms with Gasteiger partial charge in [-0.1, -0.05) is 30.3 Å². The first-order valence-corrected chi connectivity index (χ1v) is 12.3. The third-order valence-corrected chi connectivity index (χ3v) is 6.66. The Bertz CT molecular complexity index is 1290. The molecule has 3 aromatic heterocycles. The quantitative estimate of drug-likeness (QED) is 0.399. The number of benzene rings is 1. The van der Waals surface area contributed by atoms with E-state index >= 15 is 0 Å². The summed E-state index contributed by atoms with van der Waals surface area (Å²) >= 11 is 1.61. The smallest absolute Gasteiger partial charge is 0.251 e. The molecule has 180 valence electrons.